The van der Waals surface area contributed by atoms with Crippen LogP contribution in [0.4, 0.5) is 0 Å². The molecule has 4 heteroatoms. The number of benzene rings is 1. The van der Waals surface area contributed by atoms with Crippen LogP contribution in [0.5, 0.6) is 5.75 Å². The van der Waals surface area contributed by atoms with Gasteiger partial charge in [0.1, 0.15) is 17.4 Å². The Bertz CT molecular complexity index is 570. The van der Waals surface area contributed by atoms with Gasteiger partial charge >= 0.3 is 5.97 Å². The Balaban J connectivity index is 2.29. The molecule has 0 atom stereocenters. The molecule has 0 saturated heterocycles. The summed E-state index contributed by atoms with van der Waals surface area (Å²) >= 11 is 0. The zero-order chi connectivity index (χ0) is 18.3. The van der Waals surface area contributed by atoms with Crippen molar-refractivity contribution in [3.8, 4) is 11.8 Å². The molecule has 0 aliphatic heterocycles. The topological polar surface area (TPSA) is 59.3 Å². The average Bonchev–Trinajstić information content (AvgIpc) is 2.65. The highest BCUT2D eigenvalue weighted by atomic mass is 16.5. The van der Waals surface area contributed by atoms with Crippen molar-refractivity contribution in [3.05, 3.63) is 35.4 Å². The van der Waals surface area contributed by atoms with Gasteiger partial charge in [0.05, 0.1) is 13.7 Å². The molecule has 0 amide bonds. The molecule has 1 rings (SSSR count). The molecule has 0 radical (unpaired) electrons. The number of rotatable bonds is 12. The number of ether oxygens (including phenoxy) is 2. The molecule has 0 fully saturated rings. The third-order valence-corrected chi connectivity index (χ3v) is 4.00. The first-order valence-electron chi connectivity index (χ1n) is 9.14. The molecule has 0 aliphatic carbocycles. The molecule has 4 nitrogen and oxygen atoms in total. The second-order valence-electron chi connectivity index (χ2n) is 6.05. The van der Waals surface area contributed by atoms with Crippen molar-refractivity contribution >= 4 is 12.0 Å². The van der Waals surface area contributed by atoms with Gasteiger partial charge in [-0.25, -0.2) is 4.79 Å². The number of hydrogen-bond donors (Lipinski definition) is 0. The van der Waals surface area contributed by atoms with E-state index in [-0.39, 0.29) is 5.57 Å². The maximum atomic E-state index is 12.0. The van der Waals surface area contributed by atoms with Crippen LogP contribution in [0.25, 0.3) is 6.08 Å². The van der Waals surface area contributed by atoms with E-state index in [4.69, 9.17) is 14.7 Å². The predicted molar refractivity (Wildman–Crippen MR) is 100 cm³/mol. The van der Waals surface area contributed by atoms with E-state index < -0.39 is 5.97 Å². The highest BCUT2D eigenvalue weighted by Gasteiger charge is 2.10. The van der Waals surface area contributed by atoms with E-state index in [0.717, 1.165) is 24.2 Å². The maximum Gasteiger partial charge on any atom is 0.348 e. The Morgan fingerprint density at radius 3 is 2.20 bits per heavy atom. The summed E-state index contributed by atoms with van der Waals surface area (Å²) in [7, 11) is 1.59. The standard InChI is InChI=1S/C21H29NO3/c1-3-4-5-6-7-8-9-10-15-25-21(23)19(17-22)16-18-11-13-20(24-2)14-12-18/h11-14,16H,3-10,15H2,1-2H3/b19-16+. The smallest absolute Gasteiger partial charge is 0.348 e. The lowest BCUT2D eigenvalue weighted by molar-refractivity contribution is -0.138. The molecule has 0 N–H and O–H groups in total. The van der Waals surface area contributed by atoms with Gasteiger partial charge in [-0.2, -0.15) is 5.26 Å². The second kappa shape index (κ2) is 13.1. The van der Waals surface area contributed by atoms with Crippen LogP contribution in [0.3, 0.4) is 0 Å². The number of nitriles is 1. The highest BCUT2D eigenvalue weighted by Crippen LogP contribution is 2.14. The lowest BCUT2D eigenvalue weighted by atomic mass is 10.1. The first-order chi connectivity index (χ1) is 12.2. The van der Waals surface area contributed by atoms with Gasteiger partial charge in [0.2, 0.25) is 0 Å². The Morgan fingerprint density at radius 1 is 1.04 bits per heavy atom. The first kappa shape index (κ1) is 20.8. The summed E-state index contributed by atoms with van der Waals surface area (Å²) < 4.78 is 10.3. The van der Waals surface area contributed by atoms with Crippen LogP contribution in [0.15, 0.2) is 29.8 Å². The molecular weight excluding hydrogens is 314 g/mol. The van der Waals surface area contributed by atoms with Crippen LogP contribution in [-0.2, 0) is 9.53 Å². The van der Waals surface area contributed by atoms with Crippen LogP contribution in [-0.4, -0.2) is 19.7 Å². The van der Waals surface area contributed by atoms with Crippen LogP contribution < -0.4 is 4.74 Å². The van der Waals surface area contributed by atoms with Crippen molar-refractivity contribution in [1.82, 2.24) is 0 Å². The summed E-state index contributed by atoms with van der Waals surface area (Å²) in [4.78, 5) is 12.0. The van der Waals surface area contributed by atoms with E-state index >= 15 is 0 Å². The quantitative estimate of drug-likeness (QED) is 0.224. The van der Waals surface area contributed by atoms with Crippen LogP contribution in [0.1, 0.15) is 63.9 Å². The molecule has 0 bridgehead atoms. The molecular formula is C21H29NO3. The highest BCUT2D eigenvalue weighted by molar-refractivity contribution is 5.97. The van der Waals surface area contributed by atoms with Crippen LogP contribution >= 0.6 is 0 Å². The van der Waals surface area contributed by atoms with Gasteiger partial charge in [0.25, 0.3) is 0 Å². The Morgan fingerprint density at radius 2 is 1.64 bits per heavy atom. The van der Waals surface area contributed by atoms with E-state index in [9.17, 15) is 4.79 Å². The van der Waals surface area contributed by atoms with Crippen LogP contribution in [0, 0.1) is 11.3 Å². The van der Waals surface area contributed by atoms with Crippen molar-refractivity contribution in [2.24, 2.45) is 0 Å². The summed E-state index contributed by atoms with van der Waals surface area (Å²) in [5.41, 5.74) is 0.783. The van der Waals surface area contributed by atoms with E-state index in [1.807, 2.05) is 6.07 Å². The minimum Gasteiger partial charge on any atom is -0.497 e. The molecule has 1 aromatic rings. The predicted octanol–water partition coefficient (Wildman–Crippen LogP) is 5.29. The number of nitrogens with zero attached hydrogens (tertiary/aromatic N) is 1. The number of hydrogen-bond acceptors (Lipinski definition) is 4. The number of unbranched alkanes of at least 4 members (excludes halogenated alkanes) is 7. The Hall–Kier alpha value is -2.28. The van der Waals surface area contributed by atoms with E-state index in [2.05, 4.69) is 6.92 Å². The van der Waals surface area contributed by atoms with Crippen molar-refractivity contribution in [2.75, 3.05) is 13.7 Å². The van der Waals surface area contributed by atoms with Gasteiger partial charge in [-0.05, 0) is 30.2 Å². The van der Waals surface area contributed by atoms with E-state index in [0.29, 0.717) is 6.61 Å². The zero-order valence-electron chi connectivity index (χ0n) is 15.4. The molecule has 0 aliphatic rings. The Labute approximate surface area is 151 Å². The molecule has 1 aromatic carbocycles. The summed E-state index contributed by atoms with van der Waals surface area (Å²) in [5.74, 6) is 0.175. The lowest BCUT2D eigenvalue weighted by Gasteiger charge is -2.05. The summed E-state index contributed by atoms with van der Waals surface area (Å²) in [5, 5.41) is 9.16. The summed E-state index contributed by atoms with van der Waals surface area (Å²) in [6.07, 6.45) is 11.0. The SMILES string of the molecule is CCCCCCCCCCOC(=O)/C(C#N)=C/c1ccc(OC)cc1. The van der Waals surface area contributed by atoms with E-state index in [1.54, 1.807) is 31.4 Å². The number of carbonyl (C=O) groups excluding carboxylic acids is 1. The van der Waals surface area contributed by atoms with Gasteiger partial charge < -0.3 is 9.47 Å². The van der Waals surface area contributed by atoms with Crippen molar-refractivity contribution < 1.29 is 14.3 Å². The number of carbonyl (C=O) groups is 1. The molecule has 25 heavy (non-hydrogen) atoms. The van der Waals surface area contributed by atoms with Gasteiger partial charge in [0, 0.05) is 0 Å². The molecule has 0 unspecified atom stereocenters. The first-order valence-corrected chi connectivity index (χ1v) is 9.14. The fourth-order valence-electron chi connectivity index (χ4n) is 2.48. The van der Waals surface area contributed by atoms with Gasteiger partial charge in [0.15, 0.2) is 0 Å². The molecule has 0 saturated carbocycles. The summed E-state index contributed by atoms with van der Waals surface area (Å²) in [6, 6.07) is 9.07. The fourth-order valence-corrected chi connectivity index (χ4v) is 2.48. The summed E-state index contributed by atoms with van der Waals surface area (Å²) in [6.45, 7) is 2.59. The van der Waals surface area contributed by atoms with Gasteiger partial charge in [-0.15, -0.1) is 0 Å². The second-order valence-corrected chi connectivity index (χ2v) is 6.05. The zero-order valence-corrected chi connectivity index (χ0v) is 15.4. The average molecular weight is 343 g/mol. The molecule has 0 aromatic heterocycles. The van der Waals surface area contributed by atoms with Gasteiger partial charge in [-0.1, -0.05) is 64.0 Å². The lowest BCUT2D eigenvalue weighted by Crippen LogP contribution is -2.08. The van der Waals surface area contributed by atoms with Crippen LogP contribution in [0.2, 0.25) is 0 Å². The number of methoxy groups -OCH3 is 1. The molecule has 136 valence electrons. The minimum atomic E-state index is -0.554. The van der Waals surface area contributed by atoms with Crippen molar-refractivity contribution in [3.63, 3.8) is 0 Å². The number of esters is 1. The largest absolute Gasteiger partial charge is 0.497 e. The van der Waals surface area contributed by atoms with Gasteiger partial charge in [-0.3, -0.25) is 0 Å². The third kappa shape index (κ3) is 8.95. The van der Waals surface area contributed by atoms with E-state index in [1.165, 1.54) is 44.6 Å². The molecule has 0 spiro atoms. The third-order valence-electron chi connectivity index (χ3n) is 4.00. The van der Waals surface area contributed by atoms with Crippen molar-refractivity contribution in [1.29, 1.82) is 5.26 Å². The fraction of sp³-hybridized carbons (Fsp3) is 0.524. The maximum absolute atomic E-state index is 12.0. The Kier molecular flexibility index (Phi) is 10.8. The monoisotopic (exact) mass is 343 g/mol. The van der Waals surface area contributed by atoms with Crippen molar-refractivity contribution in [2.45, 2.75) is 58.3 Å². The minimum absolute atomic E-state index is 0.0183. The normalized spacial score (nSPS) is 11.0. The molecule has 0 heterocycles.